The molecule has 0 aliphatic heterocycles. The molecule has 0 saturated heterocycles. The zero-order valence-corrected chi connectivity index (χ0v) is 8.63. The van der Waals surface area contributed by atoms with Gasteiger partial charge in [0.1, 0.15) is 0 Å². The smallest absolute Gasteiger partial charge is 0.310 e. The van der Waals surface area contributed by atoms with Crippen molar-refractivity contribution in [3.8, 4) is 12.3 Å². The number of esters is 1. The lowest BCUT2D eigenvalue weighted by Gasteiger charge is -2.31. The van der Waals surface area contributed by atoms with Gasteiger partial charge in [0.15, 0.2) is 0 Å². The summed E-state index contributed by atoms with van der Waals surface area (Å²) in [6.07, 6.45) is 4.58. The third kappa shape index (κ3) is 2.92. The molecule has 1 rings (SSSR count). The Hall–Kier alpha value is -1.11. The van der Waals surface area contributed by atoms with Crippen LogP contribution < -0.4 is 0 Å². The minimum absolute atomic E-state index is 0.112. The van der Waals surface area contributed by atoms with Crippen LogP contribution in [0.2, 0.25) is 0 Å². The van der Waals surface area contributed by atoms with Gasteiger partial charge in [-0.25, -0.2) is 8.78 Å². The van der Waals surface area contributed by atoms with Crippen molar-refractivity contribution in [2.45, 2.75) is 32.1 Å². The summed E-state index contributed by atoms with van der Waals surface area (Å²) in [5.74, 6) is -2.18. The first-order valence-corrected chi connectivity index (χ1v) is 5.00. The molecule has 1 fully saturated rings. The van der Waals surface area contributed by atoms with E-state index in [2.05, 4.69) is 5.92 Å². The SMILES string of the molecule is C#CC1CC(F)(F)CCC1C(=O)OCC. The Labute approximate surface area is 88.0 Å². The fourth-order valence-corrected chi connectivity index (χ4v) is 1.84. The van der Waals surface area contributed by atoms with Crippen molar-refractivity contribution in [3.63, 3.8) is 0 Å². The van der Waals surface area contributed by atoms with E-state index < -0.39 is 30.1 Å². The van der Waals surface area contributed by atoms with E-state index in [1.165, 1.54) is 0 Å². The predicted molar refractivity (Wildman–Crippen MR) is 51.2 cm³/mol. The number of halogens is 2. The molecule has 0 aromatic carbocycles. The Morgan fingerprint density at radius 3 is 2.87 bits per heavy atom. The number of rotatable bonds is 2. The summed E-state index contributed by atoms with van der Waals surface area (Å²) in [6, 6.07) is 0. The van der Waals surface area contributed by atoms with Crippen LogP contribution in [-0.4, -0.2) is 18.5 Å². The maximum Gasteiger partial charge on any atom is 0.310 e. The Kier molecular flexibility index (Phi) is 3.67. The van der Waals surface area contributed by atoms with Crippen molar-refractivity contribution in [3.05, 3.63) is 0 Å². The normalized spacial score (nSPS) is 29.2. The van der Waals surface area contributed by atoms with Crippen molar-refractivity contribution >= 4 is 5.97 Å². The van der Waals surface area contributed by atoms with E-state index in [0.717, 1.165) is 0 Å². The van der Waals surface area contributed by atoms with Gasteiger partial charge in [0.2, 0.25) is 5.92 Å². The molecule has 84 valence electrons. The molecule has 2 unspecified atom stereocenters. The maximum absolute atomic E-state index is 13.0. The number of ether oxygens (including phenoxy) is 1. The molecule has 15 heavy (non-hydrogen) atoms. The molecule has 4 heteroatoms. The van der Waals surface area contributed by atoms with Crippen molar-refractivity contribution < 1.29 is 18.3 Å². The molecule has 0 radical (unpaired) electrons. The van der Waals surface area contributed by atoms with Gasteiger partial charge in [-0.1, -0.05) is 0 Å². The number of terminal acetylenes is 1. The van der Waals surface area contributed by atoms with Gasteiger partial charge in [-0.2, -0.15) is 0 Å². The summed E-state index contributed by atoms with van der Waals surface area (Å²) in [7, 11) is 0. The van der Waals surface area contributed by atoms with Gasteiger partial charge in [0.05, 0.1) is 12.5 Å². The molecular weight excluding hydrogens is 202 g/mol. The number of alkyl halides is 2. The van der Waals surface area contributed by atoms with Gasteiger partial charge < -0.3 is 4.74 Å². The summed E-state index contributed by atoms with van der Waals surface area (Å²) >= 11 is 0. The lowest BCUT2D eigenvalue weighted by atomic mass is 9.78. The molecule has 1 aliphatic rings. The van der Waals surface area contributed by atoms with Gasteiger partial charge in [0.25, 0.3) is 0 Å². The van der Waals surface area contributed by atoms with E-state index in [1.807, 2.05) is 0 Å². The second-order valence-electron chi connectivity index (χ2n) is 3.73. The van der Waals surface area contributed by atoms with Crippen LogP contribution in [-0.2, 0) is 9.53 Å². The van der Waals surface area contributed by atoms with E-state index in [-0.39, 0.29) is 19.4 Å². The number of hydrogen-bond donors (Lipinski definition) is 0. The van der Waals surface area contributed by atoms with Crippen molar-refractivity contribution in [2.24, 2.45) is 11.8 Å². The predicted octanol–water partition coefficient (Wildman–Crippen LogP) is 2.23. The first-order valence-electron chi connectivity index (χ1n) is 5.00. The zero-order chi connectivity index (χ0) is 11.5. The lowest BCUT2D eigenvalue weighted by molar-refractivity contribution is -0.154. The molecule has 0 amide bonds. The van der Waals surface area contributed by atoms with Gasteiger partial charge in [-0.05, 0) is 13.3 Å². The molecule has 2 atom stereocenters. The highest BCUT2D eigenvalue weighted by molar-refractivity contribution is 5.73. The van der Waals surface area contributed by atoms with E-state index in [1.54, 1.807) is 6.92 Å². The highest BCUT2D eigenvalue weighted by Crippen LogP contribution is 2.40. The molecule has 0 N–H and O–H groups in total. The lowest BCUT2D eigenvalue weighted by Crippen LogP contribution is -2.36. The van der Waals surface area contributed by atoms with Gasteiger partial charge in [0, 0.05) is 18.8 Å². The number of hydrogen-bond acceptors (Lipinski definition) is 2. The third-order valence-electron chi connectivity index (χ3n) is 2.63. The average molecular weight is 216 g/mol. The monoisotopic (exact) mass is 216 g/mol. The Morgan fingerprint density at radius 2 is 2.33 bits per heavy atom. The molecule has 0 spiro atoms. The molecular formula is C11H14F2O2. The fourth-order valence-electron chi connectivity index (χ4n) is 1.84. The van der Waals surface area contributed by atoms with Crippen LogP contribution in [0, 0.1) is 24.2 Å². The van der Waals surface area contributed by atoms with Crippen LogP contribution in [0.1, 0.15) is 26.2 Å². The second-order valence-corrected chi connectivity index (χ2v) is 3.73. The molecule has 0 aromatic rings. The highest BCUT2D eigenvalue weighted by atomic mass is 19.3. The minimum atomic E-state index is -2.74. The topological polar surface area (TPSA) is 26.3 Å². The van der Waals surface area contributed by atoms with Gasteiger partial charge in [-0.3, -0.25) is 4.79 Å². The number of carbonyl (C=O) groups excluding carboxylic acids is 1. The van der Waals surface area contributed by atoms with Gasteiger partial charge in [-0.15, -0.1) is 12.3 Å². The fraction of sp³-hybridized carbons (Fsp3) is 0.727. The quantitative estimate of drug-likeness (QED) is 0.522. The van der Waals surface area contributed by atoms with Crippen LogP contribution in [0.4, 0.5) is 8.78 Å². The summed E-state index contributed by atoms with van der Waals surface area (Å²) in [4.78, 5) is 11.4. The minimum Gasteiger partial charge on any atom is -0.466 e. The molecule has 0 heterocycles. The van der Waals surface area contributed by atoms with E-state index in [0.29, 0.717) is 0 Å². The first kappa shape index (κ1) is 12.0. The summed E-state index contributed by atoms with van der Waals surface area (Å²) in [5, 5.41) is 0. The van der Waals surface area contributed by atoms with Crippen LogP contribution >= 0.6 is 0 Å². The molecule has 0 bridgehead atoms. The van der Waals surface area contributed by atoms with Gasteiger partial charge >= 0.3 is 5.97 Å². The van der Waals surface area contributed by atoms with Crippen LogP contribution in [0.5, 0.6) is 0 Å². The Balaban J connectivity index is 2.67. The van der Waals surface area contributed by atoms with E-state index in [9.17, 15) is 13.6 Å². The highest BCUT2D eigenvalue weighted by Gasteiger charge is 2.43. The average Bonchev–Trinajstić information content (AvgIpc) is 2.16. The largest absolute Gasteiger partial charge is 0.466 e. The first-order chi connectivity index (χ1) is 7.00. The molecule has 1 aliphatic carbocycles. The van der Waals surface area contributed by atoms with Crippen molar-refractivity contribution in [1.82, 2.24) is 0 Å². The summed E-state index contributed by atoms with van der Waals surface area (Å²) < 4.78 is 30.8. The van der Waals surface area contributed by atoms with E-state index >= 15 is 0 Å². The zero-order valence-electron chi connectivity index (χ0n) is 8.63. The summed E-state index contributed by atoms with van der Waals surface area (Å²) in [6.45, 7) is 1.93. The standard InChI is InChI=1S/C11H14F2O2/c1-3-8-7-11(12,13)6-5-9(8)10(14)15-4-2/h1,8-9H,4-7H2,2H3. The number of carbonyl (C=O) groups is 1. The van der Waals surface area contributed by atoms with Crippen molar-refractivity contribution in [2.75, 3.05) is 6.61 Å². The second kappa shape index (κ2) is 4.61. The third-order valence-corrected chi connectivity index (χ3v) is 2.63. The van der Waals surface area contributed by atoms with Crippen LogP contribution in [0.3, 0.4) is 0 Å². The van der Waals surface area contributed by atoms with E-state index in [4.69, 9.17) is 11.2 Å². The molecule has 0 aromatic heterocycles. The Morgan fingerprint density at radius 1 is 1.67 bits per heavy atom. The molecule has 2 nitrogen and oxygen atoms in total. The van der Waals surface area contributed by atoms with Crippen LogP contribution in [0.25, 0.3) is 0 Å². The van der Waals surface area contributed by atoms with Crippen molar-refractivity contribution in [1.29, 1.82) is 0 Å². The summed E-state index contributed by atoms with van der Waals surface area (Å²) in [5.41, 5.74) is 0. The molecule has 1 saturated carbocycles. The Bertz CT molecular complexity index is 281. The maximum atomic E-state index is 13.0. The van der Waals surface area contributed by atoms with Crippen LogP contribution in [0.15, 0.2) is 0 Å².